The summed E-state index contributed by atoms with van der Waals surface area (Å²) >= 11 is 0. The monoisotopic (exact) mass is 488 g/mol. The molecule has 1 N–H and O–H groups in total. The number of urea groups is 1. The van der Waals surface area contributed by atoms with Crippen LogP contribution in [0, 0.1) is 12.7 Å². The van der Waals surface area contributed by atoms with Crippen molar-refractivity contribution in [2.24, 2.45) is 0 Å². The summed E-state index contributed by atoms with van der Waals surface area (Å²) in [5.41, 5.74) is 1.04. The van der Waals surface area contributed by atoms with E-state index in [9.17, 15) is 23.6 Å². The molecule has 8 nitrogen and oxygen atoms in total. The number of ether oxygens (including phenoxy) is 2. The molecule has 0 unspecified atom stereocenters. The molecule has 0 bridgehead atoms. The van der Waals surface area contributed by atoms with Gasteiger partial charge in [-0.25, -0.2) is 18.9 Å². The van der Waals surface area contributed by atoms with E-state index in [1.165, 1.54) is 42.5 Å². The number of amides is 4. The zero-order valence-corrected chi connectivity index (χ0v) is 19.4. The van der Waals surface area contributed by atoms with Gasteiger partial charge in [0.1, 0.15) is 11.4 Å². The first-order chi connectivity index (χ1) is 17.3. The van der Waals surface area contributed by atoms with Crippen LogP contribution < -0.4 is 19.7 Å². The highest BCUT2D eigenvalue weighted by molar-refractivity contribution is 6.39. The Morgan fingerprint density at radius 3 is 2.42 bits per heavy atom. The number of para-hydroxylation sites is 1. The van der Waals surface area contributed by atoms with Gasteiger partial charge in [-0.05, 0) is 61.9 Å². The Balaban J connectivity index is 1.65. The Kier molecular flexibility index (Phi) is 6.91. The Morgan fingerprint density at radius 1 is 1.00 bits per heavy atom. The number of benzene rings is 3. The number of nitrogens with zero attached hydrogens (tertiary/aromatic N) is 1. The molecule has 0 radical (unpaired) electrons. The molecular formula is C27H21FN2O6. The van der Waals surface area contributed by atoms with Gasteiger partial charge in [-0.1, -0.05) is 35.9 Å². The number of carbonyl (C=O) groups is 4. The van der Waals surface area contributed by atoms with Gasteiger partial charge in [0, 0.05) is 0 Å². The lowest BCUT2D eigenvalue weighted by Gasteiger charge is -2.26. The van der Waals surface area contributed by atoms with E-state index in [1.807, 2.05) is 12.2 Å². The van der Waals surface area contributed by atoms with Crippen molar-refractivity contribution in [3.8, 4) is 11.5 Å². The third-order valence-corrected chi connectivity index (χ3v) is 5.26. The Morgan fingerprint density at radius 2 is 1.72 bits per heavy atom. The maximum Gasteiger partial charge on any atom is 0.343 e. The SMILES string of the molecule is CCOc1cc(/C=C2\C(=O)NC(=O)N(c3ccccc3F)C2=O)ccc1OC(=O)c1ccc(C)cc1. The second-order valence-electron chi connectivity index (χ2n) is 7.80. The average molecular weight is 488 g/mol. The summed E-state index contributed by atoms with van der Waals surface area (Å²) in [6, 6.07) is 15.5. The van der Waals surface area contributed by atoms with Gasteiger partial charge < -0.3 is 9.47 Å². The highest BCUT2D eigenvalue weighted by Crippen LogP contribution is 2.31. The maximum absolute atomic E-state index is 14.3. The van der Waals surface area contributed by atoms with E-state index >= 15 is 0 Å². The average Bonchev–Trinajstić information content (AvgIpc) is 2.85. The van der Waals surface area contributed by atoms with Crippen molar-refractivity contribution in [3.05, 3.63) is 94.8 Å². The van der Waals surface area contributed by atoms with E-state index in [1.54, 1.807) is 31.2 Å². The summed E-state index contributed by atoms with van der Waals surface area (Å²) < 4.78 is 25.3. The van der Waals surface area contributed by atoms with E-state index in [2.05, 4.69) is 0 Å². The molecule has 182 valence electrons. The molecule has 1 fully saturated rings. The number of nitrogens with one attached hydrogen (secondary N) is 1. The van der Waals surface area contributed by atoms with Gasteiger partial charge in [0.05, 0.1) is 17.9 Å². The maximum atomic E-state index is 14.3. The minimum Gasteiger partial charge on any atom is -0.490 e. The van der Waals surface area contributed by atoms with Crippen molar-refractivity contribution < 1.29 is 33.0 Å². The molecule has 0 saturated carbocycles. The van der Waals surface area contributed by atoms with Crippen LogP contribution >= 0.6 is 0 Å². The molecule has 3 aromatic rings. The van der Waals surface area contributed by atoms with E-state index in [0.29, 0.717) is 16.0 Å². The smallest absolute Gasteiger partial charge is 0.343 e. The number of imide groups is 2. The molecule has 4 amide bonds. The third kappa shape index (κ3) is 5.00. The van der Waals surface area contributed by atoms with Crippen LogP contribution in [0.25, 0.3) is 6.08 Å². The summed E-state index contributed by atoms with van der Waals surface area (Å²) in [5, 5.41) is 2.05. The quantitative estimate of drug-likeness (QED) is 0.239. The first-order valence-corrected chi connectivity index (χ1v) is 11.0. The third-order valence-electron chi connectivity index (χ3n) is 5.26. The lowest BCUT2D eigenvalue weighted by atomic mass is 10.1. The van der Waals surface area contributed by atoms with Gasteiger partial charge in [0.25, 0.3) is 11.8 Å². The van der Waals surface area contributed by atoms with E-state index in [0.717, 1.165) is 11.6 Å². The molecule has 3 aromatic carbocycles. The fraction of sp³-hybridized carbons (Fsp3) is 0.111. The molecule has 1 heterocycles. The molecule has 0 atom stereocenters. The summed E-state index contributed by atoms with van der Waals surface area (Å²) in [5.74, 6) is -2.94. The highest BCUT2D eigenvalue weighted by atomic mass is 19.1. The number of halogens is 1. The van der Waals surface area contributed by atoms with Gasteiger partial charge in [-0.2, -0.15) is 0 Å². The van der Waals surface area contributed by atoms with Crippen LogP contribution in [0.4, 0.5) is 14.9 Å². The lowest BCUT2D eigenvalue weighted by molar-refractivity contribution is -0.122. The molecule has 4 rings (SSSR count). The first-order valence-electron chi connectivity index (χ1n) is 11.0. The minimum atomic E-state index is -1.05. The zero-order chi connectivity index (χ0) is 25.8. The van der Waals surface area contributed by atoms with E-state index < -0.39 is 29.6 Å². The fourth-order valence-corrected chi connectivity index (χ4v) is 3.49. The summed E-state index contributed by atoms with van der Waals surface area (Å²) in [4.78, 5) is 50.9. The number of rotatable bonds is 6. The van der Waals surface area contributed by atoms with Crippen LogP contribution in [-0.2, 0) is 9.59 Å². The predicted octanol–water partition coefficient (Wildman–Crippen LogP) is 4.42. The number of carbonyl (C=O) groups excluding carboxylic acids is 4. The lowest BCUT2D eigenvalue weighted by Crippen LogP contribution is -2.54. The zero-order valence-electron chi connectivity index (χ0n) is 19.4. The molecule has 0 aromatic heterocycles. The molecule has 1 aliphatic rings. The number of anilines is 1. The summed E-state index contributed by atoms with van der Waals surface area (Å²) in [6.07, 6.45) is 1.24. The number of esters is 1. The number of hydrogen-bond acceptors (Lipinski definition) is 6. The largest absolute Gasteiger partial charge is 0.490 e. The van der Waals surface area contributed by atoms with Crippen molar-refractivity contribution in [2.45, 2.75) is 13.8 Å². The van der Waals surface area contributed by atoms with Gasteiger partial charge >= 0.3 is 12.0 Å². The van der Waals surface area contributed by atoms with Crippen molar-refractivity contribution in [3.63, 3.8) is 0 Å². The van der Waals surface area contributed by atoms with Crippen LogP contribution in [0.1, 0.15) is 28.4 Å². The van der Waals surface area contributed by atoms with Crippen molar-refractivity contribution in [2.75, 3.05) is 11.5 Å². The van der Waals surface area contributed by atoms with Crippen LogP contribution in [0.5, 0.6) is 11.5 Å². The molecule has 9 heteroatoms. The Labute approximate surface area is 205 Å². The van der Waals surface area contributed by atoms with Crippen molar-refractivity contribution in [1.29, 1.82) is 0 Å². The van der Waals surface area contributed by atoms with Gasteiger partial charge in [0.2, 0.25) is 0 Å². The standard InChI is InChI=1S/C27H21FN2O6/c1-3-35-23-15-17(10-13-22(23)36-26(33)18-11-8-16(2)9-12-18)14-19-24(31)29-27(34)30(25(19)32)21-7-5-4-6-20(21)28/h4-15H,3H2,1-2H3,(H,29,31,34)/b19-14+. The minimum absolute atomic E-state index is 0.146. The first kappa shape index (κ1) is 24.3. The van der Waals surface area contributed by atoms with Gasteiger partial charge in [0.15, 0.2) is 11.5 Å². The summed E-state index contributed by atoms with van der Waals surface area (Å²) in [7, 11) is 0. The van der Waals surface area contributed by atoms with E-state index in [-0.39, 0.29) is 29.4 Å². The number of aryl methyl sites for hydroxylation is 1. The Bertz CT molecular complexity index is 1400. The van der Waals surface area contributed by atoms with E-state index in [4.69, 9.17) is 9.47 Å². The highest BCUT2D eigenvalue weighted by Gasteiger charge is 2.38. The number of hydrogen-bond donors (Lipinski definition) is 1. The van der Waals surface area contributed by atoms with Crippen LogP contribution in [0.2, 0.25) is 0 Å². The van der Waals surface area contributed by atoms with Gasteiger partial charge in [-0.15, -0.1) is 0 Å². The molecule has 36 heavy (non-hydrogen) atoms. The molecule has 1 saturated heterocycles. The topological polar surface area (TPSA) is 102 Å². The van der Waals surface area contributed by atoms with Crippen molar-refractivity contribution in [1.82, 2.24) is 5.32 Å². The fourth-order valence-electron chi connectivity index (χ4n) is 3.49. The van der Waals surface area contributed by atoms with Gasteiger partial charge in [-0.3, -0.25) is 14.9 Å². The molecule has 0 aliphatic carbocycles. The molecule has 1 aliphatic heterocycles. The van der Waals surface area contributed by atoms with Crippen LogP contribution in [-0.4, -0.2) is 30.4 Å². The second kappa shape index (κ2) is 10.2. The summed E-state index contributed by atoms with van der Waals surface area (Å²) in [6.45, 7) is 3.90. The Hall–Kier alpha value is -4.79. The predicted molar refractivity (Wildman–Crippen MR) is 129 cm³/mol. The number of barbiturate groups is 1. The molecule has 0 spiro atoms. The molecular weight excluding hydrogens is 467 g/mol. The second-order valence-corrected chi connectivity index (χ2v) is 7.80. The van der Waals surface area contributed by atoms with Crippen molar-refractivity contribution >= 4 is 35.6 Å². The normalized spacial score (nSPS) is 14.6. The van der Waals surface area contributed by atoms with Crippen LogP contribution in [0.3, 0.4) is 0 Å². The van der Waals surface area contributed by atoms with Crippen LogP contribution in [0.15, 0.2) is 72.3 Å².